The highest BCUT2D eigenvalue weighted by atomic mass is 16.5. The maximum absolute atomic E-state index is 12.3. The molecule has 1 N–H and O–H groups in total. The van der Waals surface area contributed by atoms with E-state index in [2.05, 4.69) is 12.2 Å². The van der Waals surface area contributed by atoms with E-state index in [9.17, 15) is 9.59 Å². The molecule has 160 valence electrons. The molecular weight excluding hydrogens is 382 g/mol. The number of carbonyl (C=O) groups excluding carboxylic acids is 2. The number of benzene rings is 2. The molecule has 1 amide bonds. The van der Waals surface area contributed by atoms with E-state index in [0.717, 1.165) is 24.8 Å². The van der Waals surface area contributed by atoms with Gasteiger partial charge >= 0.3 is 5.97 Å². The van der Waals surface area contributed by atoms with Gasteiger partial charge in [-0.2, -0.15) is 0 Å². The Kier molecular flexibility index (Phi) is 9.45. The molecule has 0 saturated heterocycles. The number of hydrogen-bond acceptors (Lipinski definition) is 5. The zero-order valence-corrected chi connectivity index (χ0v) is 17.8. The molecule has 6 nitrogen and oxygen atoms in total. The van der Waals surface area contributed by atoms with Gasteiger partial charge in [-0.1, -0.05) is 38.0 Å². The number of ether oxygens (including phenoxy) is 3. The Labute approximate surface area is 177 Å². The van der Waals surface area contributed by atoms with E-state index >= 15 is 0 Å². The van der Waals surface area contributed by atoms with Crippen LogP contribution in [0, 0.1) is 0 Å². The summed E-state index contributed by atoms with van der Waals surface area (Å²) in [6, 6.07) is 12.2. The molecule has 2 aromatic carbocycles. The minimum absolute atomic E-state index is 0.265. The summed E-state index contributed by atoms with van der Waals surface area (Å²) in [6.07, 6.45) is 6.33. The van der Waals surface area contributed by atoms with Crippen molar-refractivity contribution in [3.63, 3.8) is 0 Å². The summed E-state index contributed by atoms with van der Waals surface area (Å²) in [5.41, 5.74) is 1.51. The Morgan fingerprint density at radius 2 is 1.83 bits per heavy atom. The van der Waals surface area contributed by atoms with Crippen LogP contribution < -0.4 is 14.8 Å². The number of nitrogens with one attached hydrogen (secondary N) is 1. The van der Waals surface area contributed by atoms with E-state index < -0.39 is 5.97 Å². The summed E-state index contributed by atoms with van der Waals surface area (Å²) >= 11 is 0. The Morgan fingerprint density at radius 3 is 2.57 bits per heavy atom. The van der Waals surface area contributed by atoms with Crippen molar-refractivity contribution in [1.29, 1.82) is 0 Å². The third kappa shape index (κ3) is 6.95. The molecule has 0 aliphatic carbocycles. The minimum atomic E-state index is -0.475. The van der Waals surface area contributed by atoms with Gasteiger partial charge in [-0.15, -0.1) is 0 Å². The zero-order chi connectivity index (χ0) is 21.8. The van der Waals surface area contributed by atoms with Gasteiger partial charge in [-0.25, -0.2) is 4.79 Å². The van der Waals surface area contributed by atoms with E-state index in [0.29, 0.717) is 29.4 Å². The molecule has 0 radical (unpaired) electrons. The normalized spacial score (nSPS) is 10.6. The lowest BCUT2D eigenvalue weighted by atomic mass is 10.1. The monoisotopic (exact) mass is 411 g/mol. The molecule has 0 heterocycles. The van der Waals surface area contributed by atoms with Crippen molar-refractivity contribution in [2.24, 2.45) is 0 Å². The second-order valence-electron chi connectivity index (χ2n) is 6.55. The van der Waals surface area contributed by atoms with Gasteiger partial charge in [0.2, 0.25) is 5.91 Å². The second kappa shape index (κ2) is 12.3. The van der Waals surface area contributed by atoms with Crippen LogP contribution in [0.3, 0.4) is 0 Å². The topological polar surface area (TPSA) is 73.9 Å². The fourth-order valence-electron chi connectivity index (χ4n) is 2.77. The second-order valence-corrected chi connectivity index (χ2v) is 6.55. The first-order valence-electron chi connectivity index (χ1n) is 10.1. The molecule has 0 aliphatic heterocycles. The first kappa shape index (κ1) is 23.0. The van der Waals surface area contributed by atoms with Crippen molar-refractivity contribution in [1.82, 2.24) is 0 Å². The molecule has 2 aromatic rings. The molecule has 0 aliphatic rings. The van der Waals surface area contributed by atoms with E-state index in [1.54, 1.807) is 44.4 Å². The number of hydrogen-bond donors (Lipinski definition) is 1. The number of methoxy groups -OCH3 is 1. The molecular formula is C24H29NO5. The van der Waals surface area contributed by atoms with Crippen molar-refractivity contribution in [2.75, 3.05) is 25.6 Å². The fraction of sp³-hybridized carbons (Fsp3) is 0.333. The molecule has 0 spiro atoms. The van der Waals surface area contributed by atoms with Crippen molar-refractivity contribution in [3.05, 3.63) is 59.7 Å². The smallest absolute Gasteiger partial charge is 0.340 e. The van der Waals surface area contributed by atoms with Crippen LogP contribution in [0.4, 0.5) is 5.69 Å². The summed E-state index contributed by atoms with van der Waals surface area (Å²) in [5, 5.41) is 2.72. The molecule has 0 saturated carbocycles. The summed E-state index contributed by atoms with van der Waals surface area (Å²) < 4.78 is 16.2. The highest BCUT2D eigenvalue weighted by Gasteiger charge is 2.13. The molecule has 0 atom stereocenters. The minimum Gasteiger partial charge on any atom is -0.493 e. The lowest BCUT2D eigenvalue weighted by Crippen LogP contribution is -2.13. The molecule has 0 unspecified atom stereocenters. The van der Waals surface area contributed by atoms with E-state index in [4.69, 9.17) is 14.2 Å². The number of unbranched alkanes of at least 4 members (excludes halogenated alkanes) is 2. The van der Waals surface area contributed by atoms with Crippen LogP contribution in [0.25, 0.3) is 6.08 Å². The van der Waals surface area contributed by atoms with Crippen molar-refractivity contribution < 1.29 is 23.8 Å². The Bertz CT molecular complexity index is 876. The van der Waals surface area contributed by atoms with Gasteiger partial charge in [-0.3, -0.25) is 4.79 Å². The van der Waals surface area contributed by atoms with Crippen LogP contribution >= 0.6 is 0 Å². The first-order valence-corrected chi connectivity index (χ1v) is 10.1. The number of carbonyl (C=O) groups is 2. The Morgan fingerprint density at radius 1 is 1.03 bits per heavy atom. The quantitative estimate of drug-likeness (QED) is 0.317. The van der Waals surface area contributed by atoms with Crippen LogP contribution in [-0.4, -0.2) is 32.2 Å². The van der Waals surface area contributed by atoms with Gasteiger partial charge in [0, 0.05) is 6.08 Å². The molecule has 2 rings (SSSR count). The molecule has 0 fully saturated rings. The van der Waals surface area contributed by atoms with Gasteiger partial charge in [0.15, 0.2) is 11.5 Å². The van der Waals surface area contributed by atoms with Crippen molar-refractivity contribution in [2.45, 2.75) is 33.1 Å². The number of para-hydroxylation sites is 1. The molecule has 0 aromatic heterocycles. The van der Waals surface area contributed by atoms with Crippen LogP contribution in [-0.2, 0) is 9.53 Å². The van der Waals surface area contributed by atoms with Crippen LogP contribution in [0.2, 0.25) is 0 Å². The summed E-state index contributed by atoms with van der Waals surface area (Å²) in [6.45, 7) is 4.79. The average molecular weight is 411 g/mol. The fourth-order valence-corrected chi connectivity index (χ4v) is 2.77. The highest BCUT2D eigenvalue weighted by Crippen LogP contribution is 2.29. The van der Waals surface area contributed by atoms with E-state index in [-0.39, 0.29) is 12.5 Å². The third-order valence-corrected chi connectivity index (χ3v) is 4.30. The van der Waals surface area contributed by atoms with Gasteiger partial charge in [0.1, 0.15) is 0 Å². The third-order valence-electron chi connectivity index (χ3n) is 4.30. The Balaban J connectivity index is 2.04. The van der Waals surface area contributed by atoms with Crippen LogP contribution in [0.1, 0.15) is 49.0 Å². The van der Waals surface area contributed by atoms with Gasteiger partial charge in [-0.05, 0) is 49.2 Å². The van der Waals surface area contributed by atoms with Gasteiger partial charge in [0.25, 0.3) is 0 Å². The molecule has 0 bridgehead atoms. The van der Waals surface area contributed by atoms with Gasteiger partial charge < -0.3 is 19.5 Å². The first-order chi connectivity index (χ1) is 14.6. The van der Waals surface area contributed by atoms with Crippen LogP contribution in [0.5, 0.6) is 11.5 Å². The number of anilines is 1. The average Bonchev–Trinajstić information content (AvgIpc) is 2.76. The van der Waals surface area contributed by atoms with Gasteiger partial charge in [0.05, 0.1) is 31.6 Å². The lowest BCUT2D eigenvalue weighted by Gasteiger charge is -2.11. The lowest BCUT2D eigenvalue weighted by molar-refractivity contribution is -0.111. The SMILES string of the molecule is CCCCCOc1ccc(/C=C/C(=O)Nc2ccccc2C(=O)OCC)cc1OC. The summed E-state index contributed by atoms with van der Waals surface area (Å²) in [5.74, 6) is 0.461. The van der Waals surface area contributed by atoms with E-state index in [1.807, 2.05) is 18.2 Å². The summed E-state index contributed by atoms with van der Waals surface area (Å²) in [7, 11) is 1.58. The predicted molar refractivity (Wildman–Crippen MR) is 118 cm³/mol. The maximum Gasteiger partial charge on any atom is 0.340 e. The number of rotatable bonds is 11. The largest absolute Gasteiger partial charge is 0.493 e. The standard InChI is InChI=1S/C24H29NO5/c1-4-6-9-16-30-21-14-12-18(17-22(21)28-3)13-15-23(26)25-20-11-8-7-10-19(20)24(27)29-5-2/h7-8,10-15,17H,4-6,9,16H2,1-3H3,(H,25,26)/b15-13+. The summed E-state index contributed by atoms with van der Waals surface area (Å²) in [4.78, 5) is 24.4. The highest BCUT2D eigenvalue weighted by molar-refractivity contribution is 6.06. The maximum atomic E-state index is 12.3. The predicted octanol–water partition coefficient (Wildman–Crippen LogP) is 5.09. The number of esters is 1. The molecule has 30 heavy (non-hydrogen) atoms. The Hall–Kier alpha value is -3.28. The van der Waals surface area contributed by atoms with E-state index in [1.165, 1.54) is 6.08 Å². The number of amides is 1. The van der Waals surface area contributed by atoms with Crippen LogP contribution in [0.15, 0.2) is 48.5 Å². The van der Waals surface area contributed by atoms with Crippen molar-refractivity contribution >= 4 is 23.6 Å². The van der Waals surface area contributed by atoms with Crippen molar-refractivity contribution in [3.8, 4) is 11.5 Å². The molecule has 6 heteroatoms. The zero-order valence-electron chi connectivity index (χ0n) is 17.8.